The van der Waals surface area contributed by atoms with E-state index in [2.05, 4.69) is 73.4 Å². The van der Waals surface area contributed by atoms with E-state index in [1.807, 2.05) is 12.1 Å². The van der Waals surface area contributed by atoms with Gasteiger partial charge in [0, 0.05) is 28.4 Å². The number of anilines is 2. The van der Waals surface area contributed by atoms with Crippen LogP contribution in [-0.4, -0.2) is 0 Å². The van der Waals surface area contributed by atoms with E-state index < -0.39 is 0 Å². The number of halogens is 1. The normalized spacial score (nSPS) is 20.4. The van der Waals surface area contributed by atoms with Crippen molar-refractivity contribution in [3.63, 3.8) is 0 Å². The van der Waals surface area contributed by atoms with E-state index in [-0.39, 0.29) is 11.2 Å². The van der Waals surface area contributed by atoms with Gasteiger partial charge in [-0.15, -0.1) is 0 Å². The summed E-state index contributed by atoms with van der Waals surface area (Å²) in [6.07, 6.45) is 5.69. The first-order chi connectivity index (χ1) is 14.1. The lowest BCUT2D eigenvalue weighted by molar-refractivity contribution is 0.598. The minimum atomic E-state index is -0.196. The molecule has 2 aliphatic heterocycles. The Labute approximate surface area is 170 Å². The molecule has 1 aliphatic carbocycles. The number of para-hydroxylation sites is 1. The Morgan fingerprint density at radius 3 is 2.48 bits per heavy atom. The molecule has 0 N–H and O–H groups in total. The average molecular weight is 379 g/mol. The summed E-state index contributed by atoms with van der Waals surface area (Å²) in [6, 6.07) is 22.3. The summed E-state index contributed by atoms with van der Waals surface area (Å²) in [5.41, 5.74) is 10.4. The van der Waals surface area contributed by atoms with Crippen molar-refractivity contribution in [3.8, 4) is 11.1 Å². The first kappa shape index (κ1) is 16.8. The number of hydrogen-bond donors (Lipinski definition) is 0. The van der Waals surface area contributed by atoms with E-state index >= 15 is 0 Å². The van der Waals surface area contributed by atoms with Crippen LogP contribution >= 0.6 is 0 Å². The number of allylic oxidation sites excluding steroid dienone is 4. The molecule has 1 atom stereocenters. The highest BCUT2D eigenvalue weighted by Gasteiger charge is 2.46. The maximum Gasteiger partial charge on any atom is 0.123 e. The van der Waals surface area contributed by atoms with Crippen LogP contribution in [0.1, 0.15) is 37.3 Å². The molecular weight excluding hydrogens is 357 g/mol. The molecule has 0 amide bonds. The molecular formula is C27H22FN. The molecule has 29 heavy (non-hydrogen) atoms. The van der Waals surface area contributed by atoms with Crippen molar-refractivity contribution in [2.45, 2.75) is 31.6 Å². The van der Waals surface area contributed by atoms with Crippen LogP contribution in [-0.2, 0) is 5.41 Å². The SMILES string of the molecule is CC1(C)C2=C3C(CC=C2)c2cc(-c4ccc(F)cc4)ccc2N3c2ccccc21. The Morgan fingerprint density at radius 1 is 0.897 bits per heavy atom. The first-order valence-corrected chi connectivity index (χ1v) is 10.3. The van der Waals surface area contributed by atoms with Crippen molar-refractivity contribution in [2.24, 2.45) is 0 Å². The van der Waals surface area contributed by atoms with Crippen LogP contribution in [0.2, 0.25) is 0 Å². The molecule has 1 nitrogen and oxygen atoms in total. The number of benzene rings is 3. The van der Waals surface area contributed by atoms with Crippen LogP contribution in [0.15, 0.2) is 90.2 Å². The molecule has 0 aromatic heterocycles. The fourth-order valence-corrected chi connectivity index (χ4v) is 5.38. The van der Waals surface area contributed by atoms with Crippen LogP contribution in [0.25, 0.3) is 11.1 Å². The smallest absolute Gasteiger partial charge is 0.123 e. The van der Waals surface area contributed by atoms with Gasteiger partial charge in [-0.1, -0.05) is 62.4 Å². The standard InChI is InChI=1S/C27H22FN/c1-27(2)22-7-3-4-9-25(22)29-24-15-12-18(17-10-13-19(28)14-11-17)16-21(24)20-6-5-8-23(27)26(20)29/h3-5,7-16,20H,6H2,1-2H3. The van der Waals surface area contributed by atoms with Crippen molar-refractivity contribution < 1.29 is 4.39 Å². The summed E-state index contributed by atoms with van der Waals surface area (Å²) in [5.74, 6) is 0.177. The zero-order valence-electron chi connectivity index (χ0n) is 16.6. The van der Waals surface area contributed by atoms with Gasteiger partial charge >= 0.3 is 0 Å². The quantitative estimate of drug-likeness (QED) is 0.431. The van der Waals surface area contributed by atoms with Gasteiger partial charge in [-0.2, -0.15) is 0 Å². The third-order valence-corrected chi connectivity index (χ3v) is 6.82. The van der Waals surface area contributed by atoms with Gasteiger partial charge in [-0.05, 0) is 64.6 Å². The summed E-state index contributed by atoms with van der Waals surface area (Å²) < 4.78 is 13.4. The molecule has 0 saturated heterocycles. The lowest BCUT2D eigenvalue weighted by Crippen LogP contribution is -2.33. The minimum Gasteiger partial charge on any atom is -0.313 e. The second kappa shape index (κ2) is 5.70. The fourth-order valence-electron chi connectivity index (χ4n) is 5.38. The monoisotopic (exact) mass is 379 g/mol. The second-order valence-electron chi connectivity index (χ2n) is 8.75. The molecule has 0 saturated carbocycles. The Morgan fingerprint density at radius 2 is 1.66 bits per heavy atom. The highest BCUT2D eigenvalue weighted by Crippen LogP contribution is 2.59. The van der Waals surface area contributed by atoms with Crippen molar-refractivity contribution in [1.82, 2.24) is 0 Å². The summed E-state index contributed by atoms with van der Waals surface area (Å²) in [6.45, 7) is 4.68. The van der Waals surface area contributed by atoms with Crippen LogP contribution < -0.4 is 4.90 Å². The third-order valence-electron chi connectivity index (χ3n) is 6.82. The predicted molar refractivity (Wildman–Crippen MR) is 117 cm³/mol. The zero-order chi connectivity index (χ0) is 19.8. The number of nitrogens with zero attached hydrogens (tertiary/aromatic N) is 1. The lowest BCUT2D eigenvalue weighted by atomic mass is 9.70. The molecule has 0 bridgehead atoms. The summed E-state index contributed by atoms with van der Waals surface area (Å²) in [4.78, 5) is 2.48. The van der Waals surface area contributed by atoms with Crippen LogP contribution in [0.3, 0.4) is 0 Å². The number of fused-ring (bicyclic) bond motifs is 5. The maximum atomic E-state index is 13.4. The van der Waals surface area contributed by atoms with E-state index in [9.17, 15) is 4.39 Å². The Bertz CT molecular complexity index is 1210. The van der Waals surface area contributed by atoms with Gasteiger partial charge in [0.05, 0.1) is 0 Å². The summed E-state index contributed by atoms with van der Waals surface area (Å²) in [7, 11) is 0. The van der Waals surface area contributed by atoms with Gasteiger partial charge in [0.2, 0.25) is 0 Å². The molecule has 142 valence electrons. The second-order valence-corrected chi connectivity index (χ2v) is 8.75. The first-order valence-electron chi connectivity index (χ1n) is 10.3. The van der Waals surface area contributed by atoms with E-state index in [0.29, 0.717) is 5.92 Å². The maximum absolute atomic E-state index is 13.4. The molecule has 3 aromatic rings. The van der Waals surface area contributed by atoms with Gasteiger partial charge in [0.15, 0.2) is 0 Å². The molecule has 2 heteroatoms. The minimum absolute atomic E-state index is 0.0145. The average Bonchev–Trinajstić information content (AvgIpc) is 3.07. The van der Waals surface area contributed by atoms with E-state index in [0.717, 1.165) is 17.5 Å². The molecule has 1 unspecified atom stereocenters. The van der Waals surface area contributed by atoms with Crippen LogP contribution in [0, 0.1) is 5.82 Å². The van der Waals surface area contributed by atoms with Gasteiger partial charge in [0.25, 0.3) is 0 Å². The van der Waals surface area contributed by atoms with Gasteiger partial charge in [-0.3, -0.25) is 0 Å². The van der Waals surface area contributed by atoms with Crippen molar-refractivity contribution in [1.29, 1.82) is 0 Å². The number of hydrogen-bond acceptors (Lipinski definition) is 1. The molecule has 2 heterocycles. The van der Waals surface area contributed by atoms with E-state index in [1.54, 1.807) is 0 Å². The summed E-state index contributed by atoms with van der Waals surface area (Å²) in [5, 5.41) is 0. The molecule has 6 rings (SSSR count). The molecule has 0 radical (unpaired) electrons. The predicted octanol–water partition coefficient (Wildman–Crippen LogP) is 7.23. The molecule has 3 aliphatic rings. The largest absolute Gasteiger partial charge is 0.313 e. The lowest BCUT2D eigenvalue weighted by Gasteiger charge is -2.42. The van der Waals surface area contributed by atoms with Crippen molar-refractivity contribution in [2.75, 3.05) is 4.90 Å². The number of rotatable bonds is 1. The highest BCUT2D eigenvalue weighted by atomic mass is 19.1. The topological polar surface area (TPSA) is 3.24 Å². The molecule has 3 aromatic carbocycles. The Balaban J connectivity index is 1.59. The van der Waals surface area contributed by atoms with Crippen LogP contribution in [0.4, 0.5) is 15.8 Å². The van der Waals surface area contributed by atoms with E-state index in [1.165, 1.54) is 45.9 Å². The van der Waals surface area contributed by atoms with Gasteiger partial charge in [0.1, 0.15) is 5.82 Å². The van der Waals surface area contributed by atoms with Gasteiger partial charge in [-0.25, -0.2) is 4.39 Å². The van der Waals surface area contributed by atoms with Crippen molar-refractivity contribution in [3.05, 3.63) is 107 Å². The van der Waals surface area contributed by atoms with E-state index in [4.69, 9.17) is 0 Å². The van der Waals surface area contributed by atoms with Gasteiger partial charge < -0.3 is 4.90 Å². The molecule has 0 spiro atoms. The highest BCUT2D eigenvalue weighted by molar-refractivity contribution is 5.87. The fraction of sp³-hybridized carbons (Fsp3) is 0.185. The Kier molecular flexibility index (Phi) is 3.30. The Hall–Kier alpha value is -3.13. The molecule has 0 fully saturated rings. The third kappa shape index (κ3) is 2.20. The summed E-state index contributed by atoms with van der Waals surface area (Å²) >= 11 is 0. The van der Waals surface area contributed by atoms with Crippen molar-refractivity contribution >= 4 is 11.4 Å². The van der Waals surface area contributed by atoms with Crippen LogP contribution in [0.5, 0.6) is 0 Å². The zero-order valence-corrected chi connectivity index (χ0v) is 16.6.